The van der Waals surface area contributed by atoms with Gasteiger partial charge in [-0.3, -0.25) is 9.59 Å². The van der Waals surface area contributed by atoms with E-state index < -0.39 is 0 Å². The molecular formula is C26H25N3O4. The van der Waals surface area contributed by atoms with Crippen LogP contribution >= 0.6 is 0 Å². The van der Waals surface area contributed by atoms with Crippen molar-refractivity contribution in [2.45, 2.75) is 32.2 Å². The molecule has 5 rings (SSSR count). The van der Waals surface area contributed by atoms with Crippen molar-refractivity contribution in [2.24, 2.45) is 5.10 Å². The predicted molar refractivity (Wildman–Crippen MR) is 124 cm³/mol. The molecule has 33 heavy (non-hydrogen) atoms. The van der Waals surface area contributed by atoms with Crippen molar-refractivity contribution in [3.05, 3.63) is 83.8 Å². The molecule has 0 radical (unpaired) electrons. The third kappa shape index (κ3) is 4.39. The molecule has 1 fully saturated rings. The minimum Gasteiger partial charge on any atom is -0.484 e. The van der Waals surface area contributed by atoms with Gasteiger partial charge < -0.3 is 14.1 Å². The van der Waals surface area contributed by atoms with E-state index in [-0.39, 0.29) is 24.5 Å². The molecule has 1 aromatic heterocycles. The highest BCUT2D eigenvalue weighted by molar-refractivity contribution is 6.03. The maximum atomic E-state index is 13.1. The zero-order valence-electron chi connectivity index (χ0n) is 18.4. The molecule has 2 aromatic carbocycles. The van der Waals surface area contributed by atoms with Crippen LogP contribution in [0.1, 0.15) is 42.2 Å². The van der Waals surface area contributed by atoms with E-state index >= 15 is 0 Å². The molecule has 3 aromatic rings. The van der Waals surface area contributed by atoms with Gasteiger partial charge in [-0.2, -0.15) is 5.10 Å². The van der Waals surface area contributed by atoms with Crippen molar-refractivity contribution in [3.63, 3.8) is 0 Å². The van der Waals surface area contributed by atoms with Crippen LogP contribution in [-0.2, 0) is 9.59 Å². The number of furan rings is 1. The van der Waals surface area contributed by atoms with Crippen molar-refractivity contribution < 1.29 is 18.7 Å². The zero-order valence-corrected chi connectivity index (χ0v) is 18.4. The largest absolute Gasteiger partial charge is 0.484 e. The van der Waals surface area contributed by atoms with Crippen LogP contribution in [-0.4, -0.2) is 35.7 Å². The summed E-state index contributed by atoms with van der Waals surface area (Å²) in [5.74, 6) is 1.07. The number of carbonyl (C=O) groups excluding carboxylic acids is 2. The Bertz CT molecular complexity index is 1180. The standard InChI is InChI=1S/C26H25N3O4/c1-18-9-11-19(12-10-18)22-16-23(24-7-4-14-32-24)29(27-22)26(31)17-33-21-6-2-5-20(15-21)28-13-3-8-25(28)30/h2,4-7,9-12,14-15,23H,3,8,13,16-17H2,1H3. The monoisotopic (exact) mass is 443 g/mol. The van der Waals surface area contributed by atoms with Crippen LogP contribution in [0.4, 0.5) is 5.69 Å². The van der Waals surface area contributed by atoms with Gasteiger partial charge in [0.25, 0.3) is 5.91 Å². The second-order valence-corrected chi connectivity index (χ2v) is 8.32. The average Bonchev–Trinajstić information content (AvgIpc) is 3.58. The summed E-state index contributed by atoms with van der Waals surface area (Å²) in [7, 11) is 0. The Balaban J connectivity index is 1.32. The number of amides is 2. The topological polar surface area (TPSA) is 75.4 Å². The van der Waals surface area contributed by atoms with Crippen molar-refractivity contribution in [1.82, 2.24) is 5.01 Å². The number of anilines is 1. The van der Waals surface area contributed by atoms with Gasteiger partial charge in [0.15, 0.2) is 6.61 Å². The molecule has 168 valence electrons. The predicted octanol–water partition coefficient (Wildman–Crippen LogP) is 4.47. The highest BCUT2D eigenvalue weighted by atomic mass is 16.5. The van der Waals surface area contributed by atoms with E-state index in [1.807, 2.05) is 55.5 Å². The Kier molecular flexibility index (Phi) is 5.69. The number of hydrogen-bond donors (Lipinski definition) is 0. The SMILES string of the molecule is Cc1ccc(C2=NN(C(=O)COc3cccc(N4CCCC4=O)c3)C(c3ccco3)C2)cc1. The van der Waals surface area contributed by atoms with Crippen LogP contribution in [0.25, 0.3) is 0 Å². The third-order valence-electron chi connectivity index (χ3n) is 5.99. The van der Waals surface area contributed by atoms with E-state index in [1.165, 1.54) is 10.6 Å². The fraction of sp³-hybridized carbons (Fsp3) is 0.269. The van der Waals surface area contributed by atoms with E-state index in [4.69, 9.17) is 9.15 Å². The highest BCUT2D eigenvalue weighted by Gasteiger charge is 2.35. The normalized spacial score (nSPS) is 18.0. The molecule has 2 aliphatic rings. The molecule has 0 bridgehead atoms. The van der Waals surface area contributed by atoms with Gasteiger partial charge in [0.1, 0.15) is 17.6 Å². The lowest BCUT2D eigenvalue weighted by Crippen LogP contribution is -2.31. The summed E-state index contributed by atoms with van der Waals surface area (Å²) >= 11 is 0. The number of nitrogens with zero attached hydrogens (tertiary/aromatic N) is 3. The molecule has 0 N–H and O–H groups in total. The Labute approximate surface area is 192 Å². The molecule has 7 heteroatoms. The molecule has 7 nitrogen and oxygen atoms in total. The first kappa shape index (κ1) is 21.0. The summed E-state index contributed by atoms with van der Waals surface area (Å²) in [5, 5.41) is 6.10. The number of carbonyl (C=O) groups is 2. The molecule has 0 spiro atoms. The second-order valence-electron chi connectivity index (χ2n) is 8.32. The van der Waals surface area contributed by atoms with E-state index in [2.05, 4.69) is 5.10 Å². The lowest BCUT2D eigenvalue weighted by atomic mass is 10.0. The van der Waals surface area contributed by atoms with Crippen LogP contribution < -0.4 is 9.64 Å². The van der Waals surface area contributed by atoms with Crippen LogP contribution in [0.15, 0.2) is 76.4 Å². The second kappa shape index (κ2) is 8.94. The van der Waals surface area contributed by atoms with Crippen molar-refractivity contribution in [1.29, 1.82) is 0 Å². The number of hydrogen-bond acceptors (Lipinski definition) is 5. The summed E-state index contributed by atoms with van der Waals surface area (Å²) in [6.45, 7) is 2.57. The Morgan fingerprint density at radius 2 is 2.00 bits per heavy atom. The number of aryl methyl sites for hydroxylation is 1. The molecule has 1 atom stereocenters. The molecule has 2 aliphatic heterocycles. The number of hydrazone groups is 1. The van der Waals surface area contributed by atoms with Crippen molar-refractivity contribution >= 4 is 23.2 Å². The van der Waals surface area contributed by atoms with Gasteiger partial charge in [0.2, 0.25) is 5.91 Å². The van der Waals surface area contributed by atoms with Gasteiger partial charge in [0.05, 0.1) is 12.0 Å². The first-order chi connectivity index (χ1) is 16.1. The van der Waals surface area contributed by atoms with E-state index in [1.54, 1.807) is 23.3 Å². The summed E-state index contributed by atoms with van der Waals surface area (Å²) < 4.78 is 11.4. The van der Waals surface area contributed by atoms with E-state index in [0.717, 1.165) is 23.4 Å². The quantitative estimate of drug-likeness (QED) is 0.563. The number of ether oxygens (including phenoxy) is 1. The van der Waals surface area contributed by atoms with Gasteiger partial charge in [-0.25, -0.2) is 5.01 Å². The van der Waals surface area contributed by atoms with Crippen LogP contribution in [0.5, 0.6) is 5.75 Å². The molecule has 2 amide bonds. The fourth-order valence-electron chi connectivity index (χ4n) is 4.24. The van der Waals surface area contributed by atoms with E-state index in [0.29, 0.717) is 30.9 Å². The maximum Gasteiger partial charge on any atom is 0.281 e. The average molecular weight is 444 g/mol. The van der Waals surface area contributed by atoms with Gasteiger partial charge in [-0.1, -0.05) is 35.9 Å². The van der Waals surface area contributed by atoms with Crippen molar-refractivity contribution in [3.8, 4) is 5.75 Å². The molecule has 3 heterocycles. The fourth-order valence-corrected chi connectivity index (χ4v) is 4.24. The van der Waals surface area contributed by atoms with Gasteiger partial charge in [-0.05, 0) is 43.2 Å². The lowest BCUT2D eigenvalue weighted by Gasteiger charge is -2.20. The third-order valence-corrected chi connectivity index (χ3v) is 5.99. The first-order valence-electron chi connectivity index (χ1n) is 11.1. The van der Waals surface area contributed by atoms with Gasteiger partial charge in [-0.15, -0.1) is 0 Å². The Morgan fingerprint density at radius 3 is 2.73 bits per heavy atom. The Morgan fingerprint density at radius 1 is 1.15 bits per heavy atom. The summed E-state index contributed by atoms with van der Waals surface area (Å²) in [6.07, 6.45) is 3.58. The van der Waals surface area contributed by atoms with Crippen LogP contribution in [0.3, 0.4) is 0 Å². The maximum absolute atomic E-state index is 13.1. The number of rotatable bonds is 6. The summed E-state index contributed by atoms with van der Waals surface area (Å²) in [6, 6.07) is 18.7. The van der Waals surface area contributed by atoms with E-state index in [9.17, 15) is 9.59 Å². The van der Waals surface area contributed by atoms with Gasteiger partial charge >= 0.3 is 0 Å². The minimum absolute atomic E-state index is 0.111. The number of benzene rings is 2. The zero-order chi connectivity index (χ0) is 22.8. The Hall–Kier alpha value is -3.87. The smallest absolute Gasteiger partial charge is 0.281 e. The molecule has 0 aliphatic carbocycles. The molecule has 1 saturated heterocycles. The highest BCUT2D eigenvalue weighted by Crippen LogP contribution is 2.33. The van der Waals surface area contributed by atoms with Crippen molar-refractivity contribution in [2.75, 3.05) is 18.1 Å². The first-order valence-corrected chi connectivity index (χ1v) is 11.1. The lowest BCUT2D eigenvalue weighted by molar-refractivity contribution is -0.135. The summed E-state index contributed by atoms with van der Waals surface area (Å²) in [4.78, 5) is 26.9. The van der Waals surface area contributed by atoms with Gasteiger partial charge in [0, 0.05) is 31.1 Å². The van der Waals surface area contributed by atoms with Crippen LogP contribution in [0, 0.1) is 6.92 Å². The molecule has 0 saturated carbocycles. The molecule has 1 unspecified atom stereocenters. The summed E-state index contributed by atoms with van der Waals surface area (Å²) in [5.41, 5.74) is 3.77. The van der Waals surface area contributed by atoms with Crippen LogP contribution in [0.2, 0.25) is 0 Å². The minimum atomic E-state index is -0.319. The molecular weight excluding hydrogens is 418 g/mol.